The fraction of sp³-hybridized carbons (Fsp3) is 0.154. The Balaban J connectivity index is 2.09. The lowest BCUT2D eigenvalue weighted by molar-refractivity contribution is -0.274. The summed E-state index contributed by atoms with van der Waals surface area (Å²) in [6.07, 6.45) is -5.04. The smallest absolute Gasteiger partial charge is 0.406 e. The van der Waals surface area contributed by atoms with Crippen LogP contribution in [0.4, 0.5) is 24.0 Å². The summed E-state index contributed by atoms with van der Waals surface area (Å²) in [4.78, 5) is 19.8. The highest BCUT2D eigenvalue weighted by atomic mass is 35.5. The summed E-state index contributed by atoms with van der Waals surface area (Å²) < 4.78 is 40.4. The lowest BCUT2D eigenvalue weighted by atomic mass is 10.2. The van der Waals surface area contributed by atoms with E-state index in [0.29, 0.717) is 5.69 Å². The highest BCUT2D eigenvalue weighted by molar-refractivity contribution is 7.13. The fourth-order valence-electron chi connectivity index (χ4n) is 1.75. The topological polar surface area (TPSA) is 116 Å². The van der Waals surface area contributed by atoms with Crippen molar-refractivity contribution in [3.63, 3.8) is 0 Å². The summed E-state index contributed by atoms with van der Waals surface area (Å²) in [7, 11) is 0. The number of aliphatic imine (C=N–C) groups is 1. The number of halogens is 5. The van der Waals surface area contributed by atoms with Crippen LogP contribution >= 0.6 is 34.5 Å². The molecule has 1 aromatic heterocycles. The van der Waals surface area contributed by atoms with E-state index in [1.807, 2.05) is 0 Å². The molecule has 0 unspecified atom stereocenters. The van der Waals surface area contributed by atoms with Crippen LogP contribution in [0.15, 0.2) is 22.5 Å². The Morgan fingerprint density at radius 3 is 2.46 bits per heavy atom. The number of nitrogens with one attached hydrogen (secondary N) is 1. The first kappa shape index (κ1) is 20.1. The summed E-state index contributed by atoms with van der Waals surface area (Å²) in [6.45, 7) is 0. The van der Waals surface area contributed by atoms with E-state index < -0.39 is 18.0 Å². The number of carbonyl (C=O) groups is 1. The summed E-state index contributed by atoms with van der Waals surface area (Å²) in [5.74, 6) is -1.32. The fourth-order valence-corrected chi connectivity index (χ4v) is 3.02. The minimum absolute atomic E-state index is 0.0486. The molecular weight excluding hydrogens is 418 g/mol. The van der Waals surface area contributed by atoms with Crippen LogP contribution in [0, 0.1) is 0 Å². The molecule has 0 radical (unpaired) electrons. The molecule has 0 spiro atoms. The molecule has 2 aromatic rings. The number of nitrogens with two attached hydrogens (primary N) is 2. The van der Waals surface area contributed by atoms with Gasteiger partial charge in [-0.1, -0.05) is 23.2 Å². The van der Waals surface area contributed by atoms with Gasteiger partial charge in [-0.2, -0.15) is 4.99 Å². The molecule has 1 aromatic carbocycles. The molecule has 0 bridgehead atoms. The molecule has 140 valence electrons. The first-order valence-corrected chi connectivity index (χ1v) is 8.25. The molecule has 0 aliphatic carbocycles. The number of rotatable bonds is 5. The Bertz CT molecular complexity index is 830. The van der Waals surface area contributed by atoms with E-state index in [-0.39, 0.29) is 33.2 Å². The van der Waals surface area contributed by atoms with E-state index in [0.717, 1.165) is 23.5 Å². The van der Waals surface area contributed by atoms with E-state index in [2.05, 4.69) is 20.0 Å². The number of carbonyl (C=O) groups excluding carboxylic acids is 1. The quantitative estimate of drug-likeness (QED) is 0.499. The lowest BCUT2D eigenvalue weighted by Gasteiger charge is -2.13. The molecule has 26 heavy (non-hydrogen) atoms. The number of guanidine groups is 1. The highest BCUT2D eigenvalue weighted by Crippen LogP contribution is 2.36. The number of thiazole rings is 1. The van der Waals surface area contributed by atoms with Crippen LogP contribution in [-0.2, 0) is 11.2 Å². The summed E-state index contributed by atoms with van der Waals surface area (Å²) >= 11 is 12.9. The van der Waals surface area contributed by atoms with Gasteiger partial charge in [0.15, 0.2) is 5.96 Å². The van der Waals surface area contributed by atoms with Gasteiger partial charge in [-0.05, 0) is 0 Å². The minimum Gasteiger partial charge on any atom is -0.406 e. The van der Waals surface area contributed by atoms with E-state index in [1.54, 1.807) is 5.38 Å². The van der Waals surface area contributed by atoms with Crippen molar-refractivity contribution in [2.24, 2.45) is 16.5 Å². The highest BCUT2D eigenvalue weighted by Gasteiger charge is 2.31. The number of benzene rings is 1. The summed E-state index contributed by atoms with van der Waals surface area (Å²) in [6, 6.07) is 1.77. The second-order valence-corrected chi connectivity index (χ2v) is 6.34. The maximum Gasteiger partial charge on any atom is 0.573 e. The molecule has 0 saturated heterocycles. The Morgan fingerprint density at radius 1 is 1.31 bits per heavy atom. The zero-order chi connectivity index (χ0) is 19.5. The van der Waals surface area contributed by atoms with E-state index in [9.17, 15) is 18.0 Å². The van der Waals surface area contributed by atoms with Gasteiger partial charge in [0.25, 0.3) is 0 Å². The number of nitrogens with zero attached hydrogens (tertiary/aromatic N) is 2. The number of amides is 1. The van der Waals surface area contributed by atoms with Crippen LogP contribution in [0.3, 0.4) is 0 Å². The average molecular weight is 428 g/mol. The van der Waals surface area contributed by atoms with Crippen LogP contribution < -0.4 is 21.5 Å². The third-order valence-corrected chi connectivity index (χ3v) is 4.00. The zero-order valence-corrected chi connectivity index (χ0v) is 14.9. The van der Waals surface area contributed by atoms with E-state index >= 15 is 0 Å². The predicted octanol–water partition coefficient (Wildman–Crippen LogP) is 3.43. The number of hydrogen-bond donors (Lipinski definition) is 3. The number of aromatic nitrogens is 1. The second-order valence-electron chi connectivity index (χ2n) is 4.69. The van der Waals surface area contributed by atoms with Gasteiger partial charge in [-0.25, -0.2) is 4.98 Å². The normalized spacial score (nSPS) is 11.1. The van der Waals surface area contributed by atoms with Crippen LogP contribution in [0.2, 0.25) is 10.0 Å². The van der Waals surface area contributed by atoms with Crippen molar-refractivity contribution < 1.29 is 22.7 Å². The Labute approximate surface area is 158 Å². The van der Waals surface area contributed by atoms with Crippen LogP contribution in [0.1, 0.15) is 5.69 Å². The maximum atomic E-state index is 12.2. The summed E-state index contributed by atoms with van der Waals surface area (Å²) in [5, 5.41) is 3.82. The standard InChI is InChI=1S/C13H10Cl2F3N5O2S/c14-7-2-6(25-13(16,17)18)3-8(15)10(7)22-9(24)1-5-4-26-12(21-5)23-11(19)20/h2-4H,1H2,(H,22,24)(H4,19,20,21,23). The maximum absolute atomic E-state index is 12.2. The van der Waals surface area contributed by atoms with Crippen LogP contribution in [-0.4, -0.2) is 23.2 Å². The van der Waals surface area contributed by atoms with Crippen molar-refractivity contribution in [1.29, 1.82) is 0 Å². The minimum atomic E-state index is -4.89. The Kier molecular flexibility index (Phi) is 6.16. The average Bonchev–Trinajstić information content (AvgIpc) is 2.87. The largest absolute Gasteiger partial charge is 0.573 e. The Hall–Kier alpha value is -2.24. The van der Waals surface area contributed by atoms with Crippen molar-refractivity contribution in [3.05, 3.63) is 33.3 Å². The van der Waals surface area contributed by atoms with Gasteiger partial charge < -0.3 is 21.5 Å². The first-order chi connectivity index (χ1) is 12.0. The third kappa shape index (κ3) is 5.93. The van der Waals surface area contributed by atoms with Gasteiger partial charge in [0.1, 0.15) is 5.75 Å². The number of hydrogen-bond acceptors (Lipinski definition) is 5. The molecule has 0 aliphatic heterocycles. The summed E-state index contributed by atoms with van der Waals surface area (Å²) in [5.41, 5.74) is 10.8. The molecule has 0 saturated carbocycles. The van der Waals surface area contributed by atoms with Crippen molar-refractivity contribution in [2.45, 2.75) is 12.8 Å². The number of anilines is 1. The monoisotopic (exact) mass is 427 g/mol. The molecule has 0 atom stereocenters. The van der Waals surface area contributed by atoms with Gasteiger partial charge in [0.05, 0.1) is 27.8 Å². The van der Waals surface area contributed by atoms with Gasteiger partial charge in [0, 0.05) is 17.5 Å². The third-order valence-electron chi connectivity index (χ3n) is 2.62. The van der Waals surface area contributed by atoms with Gasteiger partial charge in [-0.15, -0.1) is 24.5 Å². The Morgan fingerprint density at radius 2 is 1.92 bits per heavy atom. The molecule has 1 amide bonds. The molecule has 0 aliphatic rings. The molecule has 7 nitrogen and oxygen atoms in total. The molecule has 5 N–H and O–H groups in total. The molecule has 0 fully saturated rings. The lowest BCUT2D eigenvalue weighted by Crippen LogP contribution is -2.21. The molecular formula is C13H10Cl2F3N5O2S. The van der Waals surface area contributed by atoms with Gasteiger partial charge in [-0.3, -0.25) is 4.79 Å². The zero-order valence-electron chi connectivity index (χ0n) is 12.6. The van der Waals surface area contributed by atoms with Crippen molar-refractivity contribution in [1.82, 2.24) is 4.98 Å². The van der Waals surface area contributed by atoms with Gasteiger partial charge >= 0.3 is 6.36 Å². The van der Waals surface area contributed by atoms with E-state index in [1.165, 1.54) is 0 Å². The van der Waals surface area contributed by atoms with Crippen LogP contribution in [0.5, 0.6) is 5.75 Å². The van der Waals surface area contributed by atoms with Crippen molar-refractivity contribution in [3.8, 4) is 5.75 Å². The van der Waals surface area contributed by atoms with Gasteiger partial charge in [0.2, 0.25) is 11.0 Å². The first-order valence-electron chi connectivity index (χ1n) is 6.62. The number of ether oxygens (including phenoxy) is 1. The predicted molar refractivity (Wildman–Crippen MR) is 93.1 cm³/mol. The van der Waals surface area contributed by atoms with Crippen molar-refractivity contribution in [2.75, 3.05) is 5.32 Å². The number of alkyl halides is 3. The van der Waals surface area contributed by atoms with E-state index in [4.69, 9.17) is 34.7 Å². The van der Waals surface area contributed by atoms with Crippen molar-refractivity contribution >= 4 is 57.2 Å². The SMILES string of the molecule is NC(N)=Nc1nc(CC(=O)Nc2c(Cl)cc(OC(F)(F)F)cc2Cl)cs1. The molecule has 1 heterocycles. The second kappa shape index (κ2) is 7.98. The molecule has 2 rings (SSSR count). The van der Waals surface area contributed by atoms with Crippen LogP contribution in [0.25, 0.3) is 0 Å². The molecule has 13 heteroatoms.